The summed E-state index contributed by atoms with van der Waals surface area (Å²) in [6, 6.07) is 7.87. The molecule has 1 heterocycles. The molecule has 0 aromatic heterocycles. The van der Waals surface area contributed by atoms with Crippen LogP contribution in [0, 0.1) is 0 Å². The van der Waals surface area contributed by atoms with Crippen molar-refractivity contribution >= 4 is 15.9 Å². The van der Waals surface area contributed by atoms with Gasteiger partial charge in [0.25, 0.3) is 0 Å². The van der Waals surface area contributed by atoms with Gasteiger partial charge in [-0.25, -0.2) is 0 Å². The number of halogens is 1. The Morgan fingerprint density at radius 3 is 2.92 bits per heavy atom. The van der Waals surface area contributed by atoms with E-state index in [9.17, 15) is 0 Å². The van der Waals surface area contributed by atoms with Crippen molar-refractivity contribution in [1.29, 1.82) is 0 Å². The van der Waals surface area contributed by atoms with Crippen molar-refractivity contribution in [3.05, 3.63) is 28.7 Å². The minimum atomic E-state index is 0.447. The molecule has 0 aliphatic carbocycles. The molecule has 70 valence electrons. The van der Waals surface area contributed by atoms with Gasteiger partial charge in [0, 0.05) is 6.42 Å². The number of rotatable bonds is 4. The summed E-state index contributed by atoms with van der Waals surface area (Å²) in [4.78, 5) is 0. The maximum Gasteiger partial charge on any atom is 0.133 e. The number of benzene rings is 1. The van der Waals surface area contributed by atoms with Gasteiger partial charge in [0.15, 0.2) is 0 Å². The molecule has 1 atom stereocenters. The van der Waals surface area contributed by atoms with Gasteiger partial charge in [-0.05, 0) is 28.1 Å². The fourth-order valence-corrected chi connectivity index (χ4v) is 1.50. The molecule has 0 N–H and O–H groups in total. The highest BCUT2D eigenvalue weighted by Gasteiger charge is 2.21. The third-order valence-electron chi connectivity index (χ3n) is 1.94. The zero-order chi connectivity index (χ0) is 9.10. The van der Waals surface area contributed by atoms with Crippen LogP contribution in [0.1, 0.15) is 6.42 Å². The summed E-state index contributed by atoms with van der Waals surface area (Å²) in [7, 11) is 0. The molecule has 2 rings (SSSR count). The quantitative estimate of drug-likeness (QED) is 0.758. The molecule has 13 heavy (non-hydrogen) atoms. The zero-order valence-corrected chi connectivity index (χ0v) is 8.79. The monoisotopic (exact) mass is 242 g/mol. The van der Waals surface area contributed by atoms with Crippen LogP contribution in [0.5, 0.6) is 5.75 Å². The van der Waals surface area contributed by atoms with Crippen molar-refractivity contribution in [3.8, 4) is 5.75 Å². The average Bonchev–Trinajstić information content (AvgIpc) is 2.92. The average molecular weight is 243 g/mol. The second kappa shape index (κ2) is 4.11. The van der Waals surface area contributed by atoms with Crippen LogP contribution in [0.15, 0.2) is 28.7 Å². The Kier molecular flexibility index (Phi) is 2.86. The molecule has 1 aromatic rings. The van der Waals surface area contributed by atoms with Crippen molar-refractivity contribution in [1.82, 2.24) is 0 Å². The summed E-state index contributed by atoms with van der Waals surface area (Å²) in [6.07, 6.45) is 1.43. The lowest BCUT2D eigenvalue weighted by atomic mass is 10.3. The fraction of sp³-hybridized carbons (Fsp3) is 0.400. The minimum absolute atomic E-state index is 0.447. The van der Waals surface area contributed by atoms with Gasteiger partial charge in [-0.1, -0.05) is 12.1 Å². The molecule has 0 bridgehead atoms. The van der Waals surface area contributed by atoms with Crippen molar-refractivity contribution in [2.24, 2.45) is 0 Å². The van der Waals surface area contributed by atoms with E-state index in [2.05, 4.69) is 15.9 Å². The molecule has 3 heteroatoms. The topological polar surface area (TPSA) is 21.8 Å². The molecule has 1 aliphatic heterocycles. The van der Waals surface area contributed by atoms with E-state index < -0.39 is 0 Å². The lowest BCUT2D eigenvalue weighted by Crippen LogP contribution is -2.01. The van der Waals surface area contributed by atoms with Gasteiger partial charge in [-0.2, -0.15) is 0 Å². The third-order valence-corrected chi connectivity index (χ3v) is 2.59. The van der Waals surface area contributed by atoms with Crippen molar-refractivity contribution in [3.63, 3.8) is 0 Å². The van der Waals surface area contributed by atoms with E-state index >= 15 is 0 Å². The number of hydrogen-bond donors (Lipinski definition) is 0. The van der Waals surface area contributed by atoms with Crippen LogP contribution >= 0.6 is 15.9 Å². The van der Waals surface area contributed by atoms with Gasteiger partial charge in [-0.15, -0.1) is 0 Å². The first kappa shape index (κ1) is 9.03. The summed E-state index contributed by atoms with van der Waals surface area (Å²) >= 11 is 3.42. The molecule has 1 unspecified atom stereocenters. The summed E-state index contributed by atoms with van der Waals surface area (Å²) < 4.78 is 11.7. The first-order valence-electron chi connectivity index (χ1n) is 4.35. The number of para-hydroxylation sites is 1. The van der Waals surface area contributed by atoms with E-state index in [1.54, 1.807) is 0 Å². The lowest BCUT2D eigenvalue weighted by molar-refractivity contribution is 0.282. The molecule has 0 radical (unpaired) electrons. The normalized spacial score (nSPS) is 19.9. The maximum absolute atomic E-state index is 5.56. The molecule has 1 saturated heterocycles. The maximum atomic E-state index is 5.56. The smallest absolute Gasteiger partial charge is 0.133 e. The third kappa shape index (κ3) is 2.71. The minimum Gasteiger partial charge on any atom is -0.492 e. The first-order chi connectivity index (χ1) is 6.36. The molecule has 0 spiro atoms. The molecule has 0 saturated carbocycles. The molecule has 1 fully saturated rings. The Hall–Kier alpha value is -0.540. The predicted molar refractivity (Wildman–Crippen MR) is 54.0 cm³/mol. The van der Waals surface area contributed by atoms with Gasteiger partial charge in [0.2, 0.25) is 0 Å². The van der Waals surface area contributed by atoms with Crippen LogP contribution < -0.4 is 4.74 Å². The largest absolute Gasteiger partial charge is 0.492 e. The van der Waals surface area contributed by atoms with E-state index in [1.165, 1.54) is 0 Å². The van der Waals surface area contributed by atoms with Gasteiger partial charge >= 0.3 is 0 Å². The molecule has 1 aromatic carbocycles. The van der Waals surface area contributed by atoms with E-state index in [0.717, 1.165) is 29.9 Å². The Morgan fingerprint density at radius 2 is 2.23 bits per heavy atom. The highest BCUT2D eigenvalue weighted by atomic mass is 79.9. The number of hydrogen-bond acceptors (Lipinski definition) is 2. The van der Waals surface area contributed by atoms with Gasteiger partial charge in [0.1, 0.15) is 5.75 Å². The highest BCUT2D eigenvalue weighted by Crippen LogP contribution is 2.24. The summed E-state index contributed by atoms with van der Waals surface area (Å²) in [5.41, 5.74) is 0. The Balaban J connectivity index is 1.82. The van der Waals surface area contributed by atoms with E-state index in [-0.39, 0.29) is 0 Å². The Labute approximate surface area is 86.0 Å². The van der Waals surface area contributed by atoms with Crippen LogP contribution in [0.25, 0.3) is 0 Å². The van der Waals surface area contributed by atoms with Crippen molar-refractivity contribution in [2.45, 2.75) is 12.5 Å². The second-order valence-corrected chi connectivity index (χ2v) is 3.88. The standard InChI is InChI=1S/C10H11BrO2/c11-9-3-1-2-4-10(9)12-6-5-8-7-13-8/h1-4,8H,5-7H2. The van der Waals surface area contributed by atoms with E-state index in [4.69, 9.17) is 9.47 Å². The predicted octanol–water partition coefficient (Wildman–Crippen LogP) is 2.62. The Bertz CT molecular complexity index is 284. The fourth-order valence-electron chi connectivity index (χ4n) is 1.10. The van der Waals surface area contributed by atoms with Crippen molar-refractivity contribution < 1.29 is 9.47 Å². The molecular formula is C10H11BrO2. The van der Waals surface area contributed by atoms with Gasteiger partial charge in [0.05, 0.1) is 23.8 Å². The molecule has 2 nitrogen and oxygen atoms in total. The van der Waals surface area contributed by atoms with E-state index in [1.807, 2.05) is 24.3 Å². The van der Waals surface area contributed by atoms with Gasteiger partial charge in [-0.3, -0.25) is 0 Å². The Morgan fingerprint density at radius 1 is 1.46 bits per heavy atom. The van der Waals surface area contributed by atoms with Crippen LogP contribution in [-0.4, -0.2) is 19.3 Å². The van der Waals surface area contributed by atoms with Crippen LogP contribution in [0.3, 0.4) is 0 Å². The highest BCUT2D eigenvalue weighted by molar-refractivity contribution is 9.10. The molecule has 0 amide bonds. The number of epoxide rings is 1. The van der Waals surface area contributed by atoms with Crippen LogP contribution in [0.4, 0.5) is 0 Å². The summed E-state index contributed by atoms with van der Waals surface area (Å²) in [5, 5.41) is 0. The lowest BCUT2D eigenvalue weighted by Gasteiger charge is -2.06. The molecular weight excluding hydrogens is 232 g/mol. The SMILES string of the molecule is Brc1ccccc1OCCC1CO1. The van der Waals surface area contributed by atoms with Gasteiger partial charge < -0.3 is 9.47 Å². The number of ether oxygens (including phenoxy) is 2. The first-order valence-corrected chi connectivity index (χ1v) is 5.14. The van der Waals surface area contributed by atoms with Crippen LogP contribution in [0.2, 0.25) is 0 Å². The zero-order valence-electron chi connectivity index (χ0n) is 7.20. The summed E-state index contributed by atoms with van der Waals surface area (Å²) in [5.74, 6) is 0.906. The summed E-state index contributed by atoms with van der Waals surface area (Å²) in [6.45, 7) is 1.63. The van der Waals surface area contributed by atoms with Crippen LogP contribution in [-0.2, 0) is 4.74 Å². The van der Waals surface area contributed by atoms with E-state index in [0.29, 0.717) is 6.10 Å². The second-order valence-electron chi connectivity index (χ2n) is 3.02. The molecule has 1 aliphatic rings. The van der Waals surface area contributed by atoms with Crippen molar-refractivity contribution in [2.75, 3.05) is 13.2 Å².